The van der Waals surface area contributed by atoms with Gasteiger partial charge in [-0.15, -0.1) is 0 Å². The van der Waals surface area contributed by atoms with E-state index in [1.54, 1.807) is 0 Å². The topological polar surface area (TPSA) is 16.1 Å². The Morgan fingerprint density at radius 3 is 3.13 bits per heavy atom. The lowest BCUT2D eigenvalue weighted by molar-refractivity contribution is 0.316. The molecule has 1 fully saturated rings. The van der Waals surface area contributed by atoms with Gasteiger partial charge in [-0.05, 0) is 43.0 Å². The number of nitrogens with zero attached hydrogens (tertiary/aromatic N) is 2. The normalized spacial score (nSPS) is 30.3. The monoisotopic (exact) mass is 200 g/mol. The first-order valence-corrected chi connectivity index (χ1v) is 5.64. The van der Waals surface area contributed by atoms with Crippen LogP contribution in [0.15, 0.2) is 30.6 Å². The van der Waals surface area contributed by atoms with Crippen molar-refractivity contribution in [2.24, 2.45) is 5.92 Å². The minimum absolute atomic E-state index is 0.759. The summed E-state index contributed by atoms with van der Waals surface area (Å²) in [6, 6.07) is 4.95. The average molecular weight is 200 g/mol. The second kappa shape index (κ2) is 3.46. The van der Waals surface area contributed by atoms with Crippen LogP contribution in [0.4, 0.5) is 0 Å². The van der Waals surface area contributed by atoms with Crippen molar-refractivity contribution in [1.82, 2.24) is 9.88 Å². The molecule has 0 N–H and O–H groups in total. The number of pyridine rings is 1. The number of aromatic nitrogens is 1. The van der Waals surface area contributed by atoms with E-state index in [2.05, 4.69) is 29.1 Å². The lowest BCUT2D eigenvalue weighted by atomic mass is 9.88. The highest BCUT2D eigenvalue weighted by Crippen LogP contribution is 2.37. The van der Waals surface area contributed by atoms with E-state index in [0.717, 1.165) is 12.0 Å². The van der Waals surface area contributed by atoms with Gasteiger partial charge in [0.25, 0.3) is 0 Å². The van der Waals surface area contributed by atoms with Crippen LogP contribution in [0, 0.1) is 5.92 Å². The molecule has 1 aliphatic heterocycles. The van der Waals surface area contributed by atoms with Crippen molar-refractivity contribution >= 4 is 5.57 Å². The third-order valence-corrected chi connectivity index (χ3v) is 3.65. The Morgan fingerprint density at radius 1 is 1.47 bits per heavy atom. The van der Waals surface area contributed by atoms with E-state index >= 15 is 0 Å². The molecule has 2 nitrogen and oxygen atoms in total. The van der Waals surface area contributed by atoms with E-state index in [1.807, 2.05) is 18.5 Å². The molecule has 1 aromatic rings. The largest absolute Gasteiger partial charge is 0.302 e. The lowest BCUT2D eigenvalue weighted by Crippen LogP contribution is -2.24. The van der Waals surface area contributed by atoms with Gasteiger partial charge in [0.1, 0.15) is 0 Å². The van der Waals surface area contributed by atoms with Crippen LogP contribution in [0.2, 0.25) is 0 Å². The number of hydrogen-bond acceptors (Lipinski definition) is 2. The van der Waals surface area contributed by atoms with Crippen LogP contribution in [-0.2, 0) is 0 Å². The summed E-state index contributed by atoms with van der Waals surface area (Å²) in [5, 5.41) is 0. The number of likely N-dealkylation sites (tertiary alicyclic amines) is 1. The first-order valence-electron chi connectivity index (χ1n) is 5.64. The van der Waals surface area contributed by atoms with Crippen LogP contribution < -0.4 is 0 Å². The molecule has 0 amide bonds. The first-order chi connectivity index (χ1) is 7.33. The molecular weight excluding hydrogens is 184 g/mol. The summed E-state index contributed by atoms with van der Waals surface area (Å²) in [4.78, 5) is 6.69. The standard InChI is InChI=1S/C13H16N2/c1-15-9-10-5-12(7-13(15)6-10)11-3-2-4-14-8-11/h2-5,8,10,13H,6-7,9H2,1H3. The summed E-state index contributed by atoms with van der Waals surface area (Å²) in [6.07, 6.45) is 8.82. The number of fused-ring (bicyclic) bond motifs is 2. The molecule has 0 saturated carbocycles. The maximum Gasteiger partial charge on any atom is 0.0342 e. The molecule has 2 aliphatic rings. The average Bonchev–Trinajstić information content (AvgIpc) is 2.54. The number of rotatable bonds is 1. The fourth-order valence-electron chi connectivity index (χ4n) is 2.86. The van der Waals surface area contributed by atoms with Crippen LogP contribution in [0.25, 0.3) is 5.57 Å². The Bertz CT molecular complexity index is 381. The molecule has 2 atom stereocenters. The van der Waals surface area contributed by atoms with Crippen molar-refractivity contribution in [3.63, 3.8) is 0 Å². The molecule has 2 heterocycles. The van der Waals surface area contributed by atoms with Crippen molar-refractivity contribution in [2.75, 3.05) is 13.6 Å². The van der Waals surface area contributed by atoms with E-state index in [9.17, 15) is 0 Å². The smallest absolute Gasteiger partial charge is 0.0342 e. The van der Waals surface area contributed by atoms with Crippen LogP contribution >= 0.6 is 0 Å². The zero-order valence-corrected chi connectivity index (χ0v) is 9.06. The second-order valence-corrected chi connectivity index (χ2v) is 4.73. The van der Waals surface area contributed by atoms with Gasteiger partial charge in [0.2, 0.25) is 0 Å². The molecule has 3 rings (SSSR count). The third kappa shape index (κ3) is 1.59. The van der Waals surface area contributed by atoms with Crippen LogP contribution in [0.5, 0.6) is 0 Å². The van der Waals surface area contributed by atoms with E-state index in [0.29, 0.717) is 0 Å². The van der Waals surface area contributed by atoms with Crippen molar-refractivity contribution in [1.29, 1.82) is 0 Å². The summed E-state index contributed by atoms with van der Waals surface area (Å²) in [7, 11) is 2.24. The maximum atomic E-state index is 4.19. The molecule has 0 radical (unpaired) electrons. The van der Waals surface area contributed by atoms with Crippen molar-refractivity contribution in [3.05, 3.63) is 36.2 Å². The van der Waals surface area contributed by atoms with Gasteiger partial charge in [0.15, 0.2) is 0 Å². The molecular formula is C13H16N2. The quantitative estimate of drug-likeness (QED) is 0.691. The molecule has 1 aliphatic carbocycles. The zero-order valence-electron chi connectivity index (χ0n) is 9.06. The van der Waals surface area contributed by atoms with Crippen LogP contribution in [0.1, 0.15) is 18.4 Å². The number of hydrogen-bond donors (Lipinski definition) is 0. The van der Waals surface area contributed by atoms with Gasteiger partial charge in [0.05, 0.1) is 0 Å². The van der Waals surface area contributed by atoms with Gasteiger partial charge in [-0.2, -0.15) is 0 Å². The maximum absolute atomic E-state index is 4.19. The van der Waals surface area contributed by atoms with Gasteiger partial charge < -0.3 is 4.90 Å². The van der Waals surface area contributed by atoms with Gasteiger partial charge in [0, 0.05) is 25.0 Å². The highest BCUT2D eigenvalue weighted by molar-refractivity contribution is 5.66. The molecule has 2 heteroatoms. The molecule has 78 valence electrons. The van der Waals surface area contributed by atoms with Gasteiger partial charge in [-0.25, -0.2) is 0 Å². The van der Waals surface area contributed by atoms with Crippen molar-refractivity contribution < 1.29 is 0 Å². The third-order valence-electron chi connectivity index (χ3n) is 3.65. The minimum atomic E-state index is 0.759. The fraction of sp³-hybridized carbons (Fsp3) is 0.462. The highest BCUT2D eigenvalue weighted by atomic mass is 15.2. The summed E-state index contributed by atoms with van der Waals surface area (Å²) in [5.41, 5.74) is 2.80. The van der Waals surface area contributed by atoms with Crippen LogP contribution in [-0.4, -0.2) is 29.5 Å². The lowest BCUT2D eigenvalue weighted by Gasteiger charge is -2.22. The predicted octanol–water partition coefficient (Wildman–Crippen LogP) is 2.19. The molecule has 0 aromatic carbocycles. The summed E-state index contributed by atoms with van der Waals surface area (Å²) in [6.45, 7) is 1.23. The molecule has 2 unspecified atom stereocenters. The molecule has 1 saturated heterocycles. The summed E-state index contributed by atoms with van der Waals surface area (Å²) < 4.78 is 0. The van der Waals surface area contributed by atoms with Crippen LogP contribution in [0.3, 0.4) is 0 Å². The van der Waals surface area contributed by atoms with E-state index < -0.39 is 0 Å². The Labute approximate surface area is 90.6 Å². The van der Waals surface area contributed by atoms with E-state index in [1.165, 1.54) is 30.5 Å². The SMILES string of the molecule is CN1CC2C=C(c3cccnc3)CC1C2. The Kier molecular flexibility index (Phi) is 2.10. The molecule has 0 spiro atoms. The van der Waals surface area contributed by atoms with E-state index in [4.69, 9.17) is 0 Å². The van der Waals surface area contributed by atoms with Crippen molar-refractivity contribution in [3.8, 4) is 0 Å². The Balaban J connectivity index is 1.91. The summed E-state index contributed by atoms with van der Waals surface area (Å²) >= 11 is 0. The molecule has 2 bridgehead atoms. The first kappa shape index (κ1) is 9.10. The molecule has 15 heavy (non-hydrogen) atoms. The zero-order chi connectivity index (χ0) is 10.3. The minimum Gasteiger partial charge on any atom is -0.302 e. The summed E-state index contributed by atoms with van der Waals surface area (Å²) in [5.74, 6) is 0.768. The second-order valence-electron chi connectivity index (χ2n) is 4.73. The van der Waals surface area contributed by atoms with E-state index in [-0.39, 0.29) is 0 Å². The van der Waals surface area contributed by atoms with Crippen molar-refractivity contribution in [2.45, 2.75) is 18.9 Å². The van der Waals surface area contributed by atoms with Gasteiger partial charge in [-0.1, -0.05) is 12.1 Å². The van der Waals surface area contributed by atoms with Gasteiger partial charge >= 0.3 is 0 Å². The highest BCUT2D eigenvalue weighted by Gasteiger charge is 2.32. The fourth-order valence-corrected chi connectivity index (χ4v) is 2.86. The predicted molar refractivity (Wildman–Crippen MR) is 61.4 cm³/mol. The van der Waals surface area contributed by atoms with Gasteiger partial charge in [-0.3, -0.25) is 4.98 Å². The molecule has 1 aromatic heterocycles. The Morgan fingerprint density at radius 2 is 2.40 bits per heavy atom. The Hall–Kier alpha value is -1.15.